The molecular weight excluding hydrogens is 851 g/mol. The topological polar surface area (TPSA) is 95.9 Å². The zero-order valence-corrected chi connectivity index (χ0v) is 46.8. The number of aliphatic hydroxyl groups is 2. The van der Waals surface area contributed by atoms with E-state index in [1.807, 2.05) is 0 Å². The van der Waals surface area contributed by atoms with Gasteiger partial charge in [-0.3, -0.25) is 9.59 Å². The van der Waals surface area contributed by atoms with Crippen LogP contribution in [0.4, 0.5) is 0 Å². The van der Waals surface area contributed by atoms with Gasteiger partial charge in [-0.05, 0) is 51.4 Å². The number of hydrogen-bond donors (Lipinski definition) is 3. The molecule has 0 heterocycles. The fourth-order valence-electron chi connectivity index (χ4n) is 9.99. The number of amides is 1. The first-order valence-electron chi connectivity index (χ1n) is 31.4. The Morgan fingerprint density at radius 2 is 0.681 bits per heavy atom. The van der Waals surface area contributed by atoms with E-state index in [0.717, 1.165) is 57.8 Å². The number of carbonyl (C=O) groups is 2. The number of esters is 1. The number of hydrogen-bond acceptors (Lipinski definition) is 5. The lowest BCUT2D eigenvalue weighted by Crippen LogP contribution is -2.45. The van der Waals surface area contributed by atoms with E-state index in [1.54, 1.807) is 0 Å². The summed E-state index contributed by atoms with van der Waals surface area (Å²) in [6, 6.07) is -0.552. The second-order valence-electron chi connectivity index (χ2n) is 21.7. The highest BCUT2D eigenvalue weighted by atomic mass is 16.5. The van der Waals surface area contributed by atoms with E-state index in [4.69, 9.17) is 4.74 Å². The molecule has 6 nitrogen and oxygen atoms in total. The molecule has 2 unspecified atom stereocenters. The van der Waals surface area contributed by atoms with E-state index < -0.39 is 12.1 Å². The molecule has 0 aromatic heterocycles. The van der Waals surface area contributed by atoms with Gasteiger partial charge in [0.15, 0.2) is 0 Å². The van der Waals surface area contributed by atoms with Crippen molar-refractivity contribution in [1.82, 2.24) is 5.32 Å². The summed E-state index contributed by atoms with van der Waals surface area (Å²) in [6.45, 7) is 4.96. The summed E-state index contributed by atoms with van der Waals surface area (Å²) < 4.78 is 5.46. The van der Waals surface area contributed by atoms with Crippen molar-refractivity contribution < 1.29 is 24.5 Å². The molecule has 0 spiro atoms. The van der Waals surface area contributed by atoms with E-state index in [2.05, 4.69) is 31.3 Å². The molecule has 6 heteroatoms. The second kappa shape index (κ2) is 59.2. The SMILES string of the molecule is CCCCCCCCCCCCCCCCCCCCCCCCCC(O)C(CO)NC(=O)CCCCCCC/C=C\CCCCCCCCCCCOC(=O)CCCCCCCCCCCCC. The van der Waals surface area contributed by atoms with Gasteiger partial charge in [-0.1, -0.05) is 302 Å². The quantitative estimate of drug-likeness (QED) is 0.0321. The second-order valence-corrected chi connectivity index (χ2v) is 21.7. The summed E-state index contributed by atoms with van der Waals surface area (Å²) in [5, 5.41) is 23.4. The minimum absolute atomic E-state index is 0.00363. The number of aliphatic hydroxyl groups excluding tert-OH is 2. The summed E-state index contributed by atoms with van der Waals surface area (Å²) in [6.07, 6.45) is 70.8. The summed E-state index contributed by atoms with van der Waals surface area (Å²) in [7, 11) is 0. The Balaban J connectivity index is 3.44. The van der Waals surface area contributed by atoms with Gasteiger partial charge in [0.1, 0.15) is 0 Å². The van der Waals surface area contributed by atoms with Gasteiger partial charge in [0, 0.05) is 12.8 Å². The molecule has 0 aliphatic carbocycles. The van der Waals surface area contributed by atoms with Crippen molar-refractivity contribution in [2.75, 3.05) is 13.2 Å². The first kappa shape index (κ1) is 67.6. The Kier molecular flexibility index (Phi) is 58.0. The maximum Gasteiger partial charge on any atom is 0.305 e. The minimum Gasteiger partial charge on any atom is -0.466 e. The van der Waals surface area contributed by atoms with Gasteiger partial charge in [-0.15, -0.1) is 0 Å². The van der Waals surface area contributed by atoms with Gasteiger partial charge < -0.3 is 20.3 Å². The lowest BCUT2D eigenvalue weighted by Gasteiger charge is -2.22. The van der Waals surface area contributed by atoms with Crippen molar-refractivity contribution in [3.63, 3.8) is 0 Å². The predicted octanol–water partition coefficient (Wildman–Crippen LogP) is 19.6. The lowest BCUT2D eigenvalue weighted by atomic mass is 10.0. The molecule has 0 saturated heterocycles. The van der Waals surface area contributed by atoms with Crippen molar-refractivity contribution in [1.29, 1.82) is 0 Å². The molecule has 0 rings (SSSR count). The van der Waals surface area contributed by atoms with Crippen molar-refractivity contribution in [3.8, 4) is 0 Å². The number of nitrogens with one attached hydrogen (secondary N) is 1. The predicted molar refractivity (Wildman–Crippen MR) is 301 cm³/mol. The number of carbonyl (C=O) groups excluding carboxylic acids is 2. The molecule has 0 fully saturated rings. The third-order valence-corrected chi connectivity index (χ3v) is 14.8. The fraction of sp³-hybridized carbons (Fsp3) is 0.937. The molecule has 1 amide bonds. The Morgan fingerprint density at radius 1 is 0.391 bits per heavy atom. The fourth-order valence-corrected chi connectivity index (χ4v) is 9.99. The number of ether oxygens (including phenoxy) is 1. The molecule has 0 aromatic rings. The van der Waals surface area contributed by atoms with Gasteiger partial charge in [0.25, 0.3) is 0 Å². The molecule has 410 valence electrons. The molecule has 3 N–H and O–H groups in total. The minimum atomic E-state index is -0.673. The Morgan fingerprint density at radius 3 is 1.03 bits per heavy atom. The maximum absolute atomic E-state index is 12.5. The normalized spacial score (nSPS) is 12.6. The number of allylic oxidation sites excluding steroid dienone is 2. The van der Waals surface area contributed by atoms with Gasteiger partial charge in [-0.2, -0.15) is 0 Å². The van der Waals surface area contributed by atoms with E-state index in [-0.39, 0.29) is 18.5 Å². The average Bonchev–Trinajstić information content (AvgIpc) is 3.35. The van der Waals surface area contributed by atoms with Crippen LogP contribution in [-0.2, 0) is 14.3 Å². The van der Waals surface area contributed by atoms with Crippen LogP contribution in [0.2, 0.25) is 0 Å². The molecule has 0 aliphatic rings. The van der Waals surface area contributed by atoms with Crippen LogP contribution in [-0.4, -0.2) is 47.4 Å². The van der Waals surface area contributed by atoms with Crippen molar-refractivity contribution in [2.24, 2.45) is 0 Å². The van der Waals surface area contributed by atoms with Crippen LogP contribution in [0.25, 0.3) is 0 Å². The highest BCUT2D eigenvalue weighted by molar-refractivity contribution is 5.76. The Labute approximate surface area is 431 Å². The van der Waals surface area contributed by atoms with Crippen molar-refractivity contribution in [3.05, 3.63) is 12.2 Å². The Hall–Kier alpha value is -1.40. The van der Waals surface area contributed by atoms with Gasteiger partial charge in [0.05, 0.1) is 25.4 Å². The van der Waals surface area contributed by atoms with E-state index >= 15 is 0 Å². The zero-order chi connectivity index (χ0) is 50.0. The molecular formula is C63H123NO5. The smallest absolute Gasteiger partial charge is 0.305 e. The van der Waals surface area contributed by atoms with Gasteiger partial charge in [-0.25, -0.2) is 0 Å². The number of unbranched alkanes of at least 4 members (excludes halogenated alkanes) is 46. The average molecular weight is 975 g/mol. The van der Waals surface area contributed by atoms with Crippen LogP contribution < -0.4 is 5.32 Å². The van der Waals surface area contributed by atoms with Crippen LogP contribution in [0, 0.1) is 0 Å². The monoisotopic (exact) mass is 974 g/mol. The largest absolute Gasteiger partial charge is 0.466 e. The van der Waals surface area contributed by atoms with Crippen molar-refractivity contribution >= 4 is 11.9 Å². The highest BCUT2D eigenvalue weighted by Crippen LogP contribution is 2.18. The van der Waals surface area contributed by atoms with Crippen LogP contribution >= 0.6 is 0 Å². The van der Waals surface area contributed by atoms with E-state index in [1.165, 1.54) is 263 Å². The molecule has 69 heavy (non-hydrogen) atoms. The third kappa shape index (κ3) is 55.8. The molecule has 0 aliphatic heterocycles. The van der Waals surface area contributed by atoms with Crippen LogP contribution in [0.5, 0.6) is 0 Å². The molecule has 0 bridgehead atoms. The lowest BCUT2D eigenvalue weighted by molar-refractivity contribution is -0.143. The number of rotatable bonds is 59. The first-order chi connectivity index (χ1) is 34.0. The third-order valence-electron chi connectivity index (χ3n) is 14.8. The molecule has 0 radical (unpaired) electrons. The van der Waals surface area contributed by atoms with Gasteiger partial charge in [0.2, 0.25) is 5.91 Å². The molecule has 0 aromatic carbocycles. The summed E-state index contributed by atoms with van der Waals surface area (Å²) in [4.78, 5) is 24.5. The van der Waals surface area contributed by atoms with Crippen molar-refractivity contribution in [2.45, 2.75) is 366 Å². The summed E-state index contributed by atoms with van der Waals surface area (Å²) >= 11 is 0. The van der Waals surface area contributed by atoms with Crippen LogP contribution in [0.3, 0.4) is 0 Å². The van der Waals surface area contributed by atoms with E-state index in [0.29, 0.717) is 25.9 Å². The zero-order valence-electron chi connectivity index (χ0n) is 46.8. The first-order valence-corrected chi connectivity index (χ1v) is 31.4. The standard InChI is InChI=1S/C63H123NO5/c1-3-5-7-9-11-13-15-16-17-18-19-20-21-22-23-26-29-32-36-39-43-47-51-55-61(66)60(59-65)64-62(67)56-52-48-44-40-37-33-30-27-24-25-28-31-34-38-42-46-50-54-58-69-63(68)57-53-49-45-41-35-14-12-10-8-6-4-2/h27,30,60-61,65-66H,3-26,28-29,31-59H2,1-2H3,(H,64,67)/b30-27-. The van der Waals surface area contributed by atoms with E-state index in [9.17, 15) is 19.8 Å². The Bertz CT molecular complexity index is 1030. The molecule has 0 saturated carbocycles. The maximum atomic E-state index is 12.5. The van der Waals surface area contributed by atoms with Crippen LogP contribution in [0.15, 0.2) is 12.2 Å². The summed E-state index contributed by atoms with van der Waals surface area (Å²) in [5.41, 5.74) is 0. The summed E-state index contributed by atoms with van der Waals surface area (Å²) in [5.74, 6) is -0.0414. The highest BCUT2D eigenvalue weighted by Gasteiger charge is 2.20. The van der Waals surface area contributed by atoms with Crippen LogP contribution in [0.1, 0.15) is 354 Å². The molecule has 2 atom stereocenters. The van der Waals surface area contributed by atoms with Gasteiger partial charge >= 0.3 is 5.97 Å².